The van der Waals surface area contributed by atoms with E-state index in [1.807, 2.05) is 35.7 Å². The number of rotatable bonds is 6. The van der Waals surface area contributed by atoms with Crippen molar-refractivity contribution in [2.24, 2.45) is 0 Å². The Morgan fingerprint density at radius 1 is 1.21 bits per heavy atom. The molecule has 1 unspecified atom stereocenters. The van der Waals surface area contributed by atoms with Gasteiger partial charge in [-0.15, -0.1) is 11.3 Å². The number of carbonyl (C=O) groups is 2. The Morgan fingerprint density at radius 2 is 1.89 bits per heavy atom. The summed E-state index contributed by atoms with van der Waals surface area (Å²) in [6.07, 6.45) is 0.811. The molecule has 1 fully saturated rings. The fourth-order valence-corrected chi connectivity index (χ4v) is 4.63. The van der Waals surface area contributed by atoms with Gasteiger partial charge >= 0.3 is 5.97 Å². The number of quaternary nitrogens is 1. The lowest BCUT2D eigenvalue weighted by atomic mass is 10.0. The lowest BCUT2D eigenvalue weighted by Crippen LogP contribution is -3.15. The van der Waals surface area contributed by atoms with E-state index in [0.29, 0.717) is 17.0 Å². The lowest BCUT2D eigenvalue weighted by Gasteiger charge is -2.32. The second-order valence-corrected chi connectivity index (χ2v) is 8.05. The molecule has 0 radical (unpaired) electrons. The number of carbonyl (C=O) groups excluding carboxylic acids is 2. The van der Waals surface area contributed by atoms with Crippen LogP contribution in [0, 0.1) is 0 Å². The fraction of sp³-hybridized carbons (Fsp3) is 0.429. The molecule has 1 aromatic heterocycles. The molecule has 0 spiro atoms. The number of morpholine rings is 1. The number of benzene rings is 1. The zero-order chi connectivity index (χ0) is 20.1. The number of methoxy groups -OCH3 is 1. The molecule has 2 heterocycles. The van der Waals surface area contributed by atoms with Crippen molar-refractivity contribution >= 4 is 28.2 Å². The van der Waals surface area contributed by atoms with Crippen molar-refractivity contribution in [3.63, 3.8) is 0 Å². The minimum Gasteiger partial charge on any atom is -0.465 e. The minimum absolute atomic E-state index is 0.0917. The number of hydrogen-bond donors (Lipinski definition) is 2. The van der Waals surface area contributed by atoms with Gasteiger partial charge in [0.15, 0.2) is 0 Å². The molecule has 6 nitrogen and oxygen atoms in total. The summed E-state index contributed by atoms with van der Waals surface area (Å²) < 4.78 is 10.7. The summed E-state index contributed by atoms with van der Waals surface area (Å²) >= 11 is 1.35. The van der Waals surface area contributed by atoms with E-state index in [-0.39, 0.29) is 18.1 Å². The third kappa shape index (κ3) is 4.98. The van der Waals surface area contributed by atoms with Crippen LogP contribution < -0.4 is 10.2 Å². The third-order valence-corrected chi connectivity index (χ3v) is 5.74. The summed E-state index contributed by atoms with van der Waals surface area (Å²) in [4.78, 5) is 26.3. The maximum absolute atomic E-state index is 12.5. The van der Waals surface area contributed by atoms with Gasteiger partial charge in [0.25, 0.3) is 0 Å². The van der Waals surface area contributed by atoms with Crippen LogP contribution >= 0.6 is 11.3 Å². The molecule has 2 N–H and O–H groups in total. The summed E-state index contributed by atoms with van der Waals surface area (Å²) in [6, 6.07) is 9.62. The second kappa shape index (κ2) is 9.32. The van der Waals surface area contributed by atoms with Crippen LogP contribution in [0.4, 0.5) is 5.00 Å². The van der Waals surface area contributed by atoms with Gasteiger partial charge in [-0.1, -0.05) is 30.3 Å². The fourth-order valence-electron chi connectivity index (χ4n) is 3.66. The van der Waals surface area contributed by atoms with Crippen molar-refractivity contribution in [3.05, 3.63) is 41.3 Å². The molecule has 3 atom stereocenters. The highest BCUT2D eigenvalue weighted by Gasteiger charge is 2.26. The normalized spacial score (nSPS) is 21.9. The first kappa shape index (κ1) is 20.5. The number of hydrogen-bond acceptors (Lipinski definition) is 5. The van der Waals surface area contributed by atoms with Crippen LogP contribution in [-0.2, 0) is 14.3 Å². The van der Waals surface area contributed by atoms with Crippen LogP contribution in [0.1, 0.15) is 30.6 Å². The monoisotopic (exact) mass is 403 g/mol. The predicted molar refractivity (Wildman–Crippen MR) is 110 cm³/mol. The van der Waals surface area contributed by atoms with Crippen LogP contribution in [-0.4, -0.2) is 50.8 Å². The first-order valence-corrected chi connectivity index (χ1v) is 10.4. The van der Waals surface area contributed by atoms with Crippen LogP contribution in [0.5, 0.6) is 0 Å². The average Bonchev–Trinajstić information content (AvgIpc) is 3.09. The standard InChI is InChI=1S/C21H26N2O4S/c1-14-11-23(12-15(2)27-14)10-9-18(24)22-20-19(21(25)26-3)17(13-28-20)16-7-5-4-6-8-16/h4-8,13-15H,9-12H2,1-3H3,(H,22,24)/p+1/t14-,15+. The molecule has 1 saturated heterocycles. The number of thiophene rings is 1. The Bertz CT molecular complexity index is 811. The first-order valence-electron chi connectivity index (χ1n) is 9.52. The zero-order valence-corrected chi connectivity index (χ0v) is 17.3. The largest absolute Gasteiger partial charge is 0.465 e. The molecule has 7 heteroatoms. The Morgan fingerprint density at radius 3 is 2.54 bits per heavy atom. The van der Waals surface area contributed by atoms with E-state index >= 15 is 0 Å². The van der Waals surface area contributed by atoms with Crippen molar-refractivity contribution in [1.29, 1.82) is 0 Å². The van der Waals surface area contributed by atoms with E-state index in [1.165, 1.54) is 23.3 Å². The molecule has 1 aliphatic heterocycles. The molecule has 1 aliphatic rings. The minimum atomic E-state index is -0.447. The summed E-state index contributed by atoms with van der Waals surface area (Å²) in [5.41, 5.74) is 2.10. The first-order chi connectivity index (χ1) is 13.5. The summed E-state index contributed by atoms with van der Waals surface area (Å²) in [5.74, 6) is -0.539. The van der Waals surface area contributed by atoms with Gasteiger partial charge in [0.2, 0.25) is 5.91 Å². The summed E-state index contributed by atoms with van der Waals surface area (Å²) in [5, 5.41) is 5.33. The highest BCUT2D eigenvalue weighted by atomic mass is 32.1. The number of anilines is 1. The van der Waals surface area contributed by atoms with Gasteiger partial charge in [0, 0.05) is 10.9 Å². The van der Waals surface area contributed by atoms with Gasteiger partial charge in [-0.05, 0) is 19.4 Å². The van der Waals surface area contributed by atoms with E-state index in [9.17, 15) is 9.59 Å². The van der Waals surface area contributed by atoms with E-state index in [1.54, 1.807) is 0 Å². The number of amides is 1. The number of ether oxygens (including phenoxy) is 2. The molecular formula is C21H27N2O4S+. The molecule has 0 aliphatic carbocycles. The van der Waals surface area contributed by atoms with Gasteiger partial charge in [-0.3, -0.25) is 4.79 Å². The van der Waals surface area contributed by atoms with Crippen molar-refractivity contribution in [3.8, 4) is 11.1 Å². The average molecular weight is 404 g/mol. The molecule has 3 rings (SSSR count). The van der Waals surface area contributed by atoms with Crippen molar-refractivity contribution in [2.45, 2.75) is 32.5 Å². The van der Waals surface area contributed by atoms with Crippen molar-refractivity contribution < 1.29 is 24.0 Å². The predicted octanol–water partition coefficient (Wildman–Crippen LogP) is 2.22. The van der Waals surface area contributed by atoms with E-state index in [0.717, 1.165) is 30.8 Å². The van der Waals surface area contributed by atoms with Crippen LogP contribution in [0.25, 0.3) is 11.1 Å². The van der Waals surface area contributed by atoms with E-state index in [2.05, 4.69) is 19.2 Å². The summed E-state index contributed by atoms with van der Waals surface area (Å²) in [7, 11) is 1.35. The quantitative estimate of drug-likeness (QED) is 0.726. The zero-order valence-electron chi connectivity index (χ0n) is 16.5. The van der Waals surface area contributed by atoms with Crippen molar-refractivity contribution in [2.75, 3.05) is 32.1 Å². The topological polar surface area (TPSA) is 69.1 Å². The molecule has 0 saturated carbocycles. The van der Waals surface area contributed by atoms with Crippen LogP contribution in [0.2, 0.25) is 0 Å². The summed E-state index contributed by atoms with van der Waals surface area (Å²) in [6.45, 7) is 6.68. The number of nitrogens with one attached hydrogen (secondary N) is 2. The van der Waals surface area contributed by atoms with Gasteiger partial charge < -0.3 is 19.7 Å². The highest BCUT2D eigenvalue weighted by molar-refractivity contribution is 7.15. The van der Waals surface area contributed by atoms with Gasteiger partial charge in [0.1, 0.15) is 35.9 Å². The maximum Gasteiger partial charge on any atom is 0.341 e. The maximum atomic E-state index is 12.5. The van der Waals surface area contributed by atoms with Gasteiger partial charge in [0.05, 0.1) is 20.1 Å². The van der Waals surface area contributed by atoms with Gasteiger partial charge in [-0.25, -0.2) is 4.79 Å². The Kier molecular flexibility index (Phi) is 6.83. The van der Waals surface area contributed by atoms with Crippen molar-refractivity contribution in [1.82, 2.24) is 0 Å². The molecule has 0 bridgehead atoms. The van der Waals surface area contributed by atoms with E-state index in [4.69, 9.17) is 9.47 Å². The van der Waals surface area contributed by atoms with Crippen LogP contribution in [0.15, 0.2) is 35.7 Å². The second-order valence-electron chi connectivity index (χ2n) is 7.17. The smallest absolute Gasteiger partial charge is 0.341 e. The Balaban J connectivity index is 1.69. The molecule has 1 amide bonds. The Labute approximate surface area is 169 Å². The molecule has 2 aromatic rings. The van der Waals surface area contributed by atoms with E-state index < -0.39 is 5.97 Å². The Hall–Kier alpha value is -2.22. The lowest BCUT2D eigenvalue weighted by molar-refractivity contribution is -0.914. The third-order valence-electron chi connectivity index (χ3n) is 4.84. The molecule has 150 valence electrons. The van der Waals surface area contributed by atoms with Crippen LogP contribution in [0.3, 0.4) is 0 Å². The molecular weight excluding hydrogens is 376 g/mol. The highest BCUT2D eigenvalue weighted by Crippen LogP contribution is 2.36. The molecule has 1 aromatic carbocycles. The number of esters is 1. The van der Waals surface area contributed by atoms with Gasteiger partial charge in [-0.2, -0.15) is 0 Å². The molecule has 28 heavy (non-hydrogen) atoms. The SMILES string of the molecule is COC(=O)c1c(-c2ccccc2)csc1NC(=O)CC[NH+]1C[C@@H](C)O[C@@H](C)C1.